The van der Waals surface area contributed by atoms with E-state index in [2.05, 4.69) is 37.2 Å². The van der Waals surface area contributed by atoms with Gasteiger partial charge in [0.25, 0.3) is 11.8 Å². The predicted octanol–water partition coefficient (Wildman–Crippen LogP) is 6.76. The van der Waals surface area contributed by atoms with Crippen molar-refractivity contribution in [1.29, 1.82) is 0 Å². The Hall–Kier alpha value is -2.65. The topological polar surface area (TPSA) is 75.7 Å². The number of nitrogens with zero attached hydrogens (tertiary/aromatic N) is 1. The van der Waals surface area contributed by atoms with Crippen LogP contribution < -0.4 is 15.0 Å². The molecule has 34 heavy (non-hydrogen) atoms. The maximum atomic E-state index is 13.0. The van der Waals surface area contributed by atoms with E-state index in [1.165, 1.54) is 18.2 Å². The van der Waals surface area contributed by atoms with Crippen molar-refractivity contribution in [2.75, 3.05) is 4.90 Å². The van der Waals surface area contributed by atoms with Crippen LogP contribution >= 0.6 is 55.1 Å². The summed E-state index contributed by atoms with van der Waals surface area (Å²) >= 11 is 19.0. The van der Waals surface area contributed by atoms with Crippen LogP contribution in [-0.2, 0) is 16.2 Å². The average Bonchev–Trinajstić information content (AvgIpc) is 2.78. The van der Waals surface area contributed by atoms with Crippen LogP contribution in [0, 0.1) is 0 Å². The van der Waals surface area contributed by atoms with Gasteiger partial charge >= 0.3 is 6.03 Å². The fraction of sp³-hybridized carbons (Fsp3) is 0.0417. The Morgan fingerprint density at radius 2 is 1.59 bits per heavy atom. The number of nitrogens with one attached hydrogen (secondary N) is 1. The molecule has 1 fully saturated rings. The Morgan fingerprint density at radius 1 is 0.941 bits per heavy atom. The Kier molecular flexibility index (Phi) is 7.42. The zero-order valence-corrected chi connectivity index (χ0v) is 21.8. The lowest BCUT2D eigenvalue weighted by molar-refractivity contribution is -0.122. The number of carbonyl (C=O) groups excluding carboxylic acids is 3. The second kappa shape index (κ2) is 10.3. The van der Waals surface area contributed by atoms with Crippen LogP contribution in [0.4, 0.5) is 10.5 Å². The third-order valence-electron chi connectivity index (χ3n) is 4.85. The van der Waals surface area contributed by atoms with Crippen LogP contribution in [0.5, 0.6) is 5.75 Å². The Bertz CT molecular complexity index is 1320. The molecular weight excluding hydrogens is 611 g/mol. The molecule has 0 bridgehead atoms. The van der Waals surface area contributed by atoms with E-state index in [1.54, 1.807) is 30.3 Å². The van der Waals surface area contributed by atoms with Gasteiger partial charge in [-0.1, -0.05) is 41.4 Å². The second-order valence-corrected chi connectivity index (χ2v) is 9.68. The van der Waals surface area contributed by atoms with Gasteiger partial charge in [-0.15, -0.1) is 0 Å². The standard InChI is InChI=1S/C24H14Br2Cl2N2O4/c25-18-10-13(11-19(26)21(18)34-12-14-3-1-2-4-20(14)28)9-17-22(31)29-24(33)30(23(17)32)16-7-5-15(27)6-8-16/h1-11H,12H2,(H,29,31,33)/b17-9+. The van der Waals surface area contributed by atoms with Crippen molar-refractivity contribution in [1.82, 2.24) is 5.32 Å². The van der Waals surface area contributed by atoms with Crippen molar-refractivity contribution in [3.05, 3.63) is 96.4 Å². The molecule has 10 heteroatoms. The molecule has 1 heterocycles. The minimum absolute atomic E-state index is 0.196. The number of halogens is 4. The zero-order chi connectivity index (χ0) is 24.4. The van der Waals surface area contributed by atoms with E-state index in [9.17, 15) is 14.4 Å². The Labute approximate surface area is 221 Å². The highest BCUT2D eigenvalue weighted by Gasteiger charge is 2.36. The van der Waals surface area contributed by atoms with Crippen molar-refractivity contribution < 1.29 is 19.1 Å². The largest absolute Gasteiger partial charge is 0.486 e. The van der Waals surface area contributed by atoms with Gasteiger partial charge in [0.1, 0.15) is 17.9 Å². The van der Waals surface area contributed by atoms with Crippen LogP contribution in [0.1, 0.15) is 11.1 Å². The molecule has 3 aromatic carbocycles. The summed E-state index contributed by atoms with van der Waals surface area (Å²) < 4.78 is 7.10. The van der Waals surface area contributed by atoms with E-state index in [-0.39, 0.29) is 17.9 Å². The summed E-state index contributed by atoms with van der Waals surface area (Å²) in [5.41, 5.74) is 1.45. The van der Waals surface area contributed by atoms with E-state index < -0.39 is 17.8 Å². The van der Waals surface area contributed by atoms with Gasteiger partial charge in [-0.25, -0.2) is 9.69 Å². The first-order valence-corrected chi connectivity index (χ1v) is 12.1. The first-order chi connectivity index (χ1) is 16.2. The molecule has 3 aromatic rings. The number of barbiturate groups is 1. The lowest BCUT2D eigenvalue weighted by atomic mass is 10.1. The number of hydrogen-bond acceptors (Lipinski definition) is 4. The highest BCUT2D eigenvalue weighted by molar-refractivity contribution is 9.11. The van der Waals surface area contributed by atoms with Crippen molar-refractivity contribution in [3.63, 3.8) is 0 Å². The van der Waals surface area contributed by atoms with Gasteiger partial charge in [-0.3, -0.25) is 14.9 Å². The molecule has 0 aromatic heterocycles. The summed E-state index contributed by atoms with van der Waals surface area (Å²) in [4.78, 5) is 38.7. The molecule has 1 N–H and O–H groups in total. The third kappa shape index (κ3) is 5.20. The summed E-state index contributed by atoms with van der Waals surface area (Å²) in [6.07, 6.45) is 1.40. The van der Waals surface area contributed by atoms with Gasteiger partial charge in [0.05, 0.1) is 14.6 Å². The number of carbonyl (C=O) groups is 3. The highest BCUT2D eigenvalue weighted by atomic mass is 79.9. The number of benzene rings is 3. The van der Waals surface area contributed by atoms with E-state index in [4.69, 9.17) is 27.9 Å². The fourth-order valence-electron chi connectivity index (χ4n) is 3.21. The quantitative estimate of drug-likeness (QED) is 0.251. The first kappa shape index (κ1) is 24.5. The monoisotopic (exact) mass is 622 g/mol. The van der Waals surface area contributed by atoms with Crippen LogP contribution in [0.3, 0.4) is 0 Å². The van der Waals surface area contributed by atoms with E-state index >= 15 is 0 Å². The SMILES string of the molecule is O=C1NC(=O)N(c2ccc(Cl)cc2)C(=O)/C1=C/c1cc(Br)c(OCc2ccccc2Cl)c(Br)c1. The number of imide groups is 2. The molecule has 4 amide bonds. The van der Waals surface area contributed by atoms with Gasteiger partial charge in [0.15, 0.2) is 0 Å². The van der Waals surface area contributed by atoms with E-state index in [0.29, 0.717) is 30.3 Å². The maximum Gasteiger partial charge on any atom is 0.335 e. The molecule has 1 aliphatic heterocycles. The van der Waals surface area contributed by atoms with Gasteiger partial charge in [0, 0.05) is 15.6 Å². The zero-order valence-electron chi connectivity index (χ0n) is 17.2. The Balaban J connectivity index is 1.61. The summed E-state index contributed by atoms with van der Waals surface area (Å²) in [6.45, 7) is 0.246. The third-order valence-corrected chi connectivity index (χ3v) is 6.65. The number of anilines is 1. The molecule has 0 unspecified atom stereocenters. The number of hydrogen-bond donors (Lipinski definition) is 1. The van der Waals surface area contributed by atoms with Crippen LogP contribution in [-0.4, -0.2) is 17.8 Å². The second-order valence-electron chi connectivity index (χ2n) is 7.13. The molecule has 0 spiro atoms. The Morgan fingerprint density at radius 3 is 2.24 bits per heavy atom. The van der Waals surface area contributed by atoms with Crippen LogP contribution in [0.2, 0.25) is 10.0 Å². The van der Waals surface area contributed by atoms with Gasteiger partial charge in [-0.2, -0.15) is 0 Å². The maximum absolute atomic E-state index is 13.0. The van der Waals surface area contributed by atoms with E-state index in [0.717, 1.165) is 10.5 Å². The number of rotatable bonds is 5. The molecule has 172 valence electrons. The normalized spacial score (nSPS) is 15.0. The minimum atomic E-state index is -0.833. The predicted molar refractivity (Wildman–Crippen MR) is 138 cm³/mol. The first-order valence-electron chi connectivity index (χ1n) is 9.77. The number of ether oxygens (including phenoxy) is 1. The molecular formula is C24H14Br2Cl2N2O4. The van der Waals surface area contributed by atoms with Crippen molar-refractivity contribution >= 4 is 84.7 Å². The lowest BCUT2D eigenvalue weighted by Crippen LogP contribution is -2.54. The molecule has 0 atom stereocenters. The number of urea groups is 1. The van der Waals surface area contributed by atoms with Gasteiger partial charge in [0.2, 0.25) is 0 Å². The van der Waals surface area contributed by atoms with Crippen LogP contribution in [0.25, 0.3) is 6.08 Å². The van der Waals surface area contributed by atoms with Crippen LogP contribution in [0.15, 0.2) is 75.2 Å². The molecule has 0 aliphatic carbocycles. The molecule has 6 nitrogen and oxygen atoms in total. The number of amides is 4. The summed E-state index contributed by atoms with van der Waals surface area (Å²) in [5.74, 6) is -1.01. The van der Waals surface area contributed by atoms with Gasteiger partial charge < -0.3 is 4.74 Å². The molecule has 0 saturated carbocycles. The molecule has 1 saturated heterocycles. The van der Waals surface area contributed by atoms with E-state index in [1.807, 2.05) is 18.2 Å². The van der Waals surface area contributed by atoms with Crippen molar-refractivity contribution in [3.8, 4) is 5.75 Å². The van der Waals surface area contributed by atoms with Crippen molar-refractivity contribution in [2.45, 2.75) is 6.61 Å². The molecule has 1 aliphatic rings. The smallest absolute Gasteiger partial charge is 0.335 e. The minimum Gasteiger partial charge on any atom is -0.486 e. The summed E-state index contributed by atoms with van der Waals surface area (Å²) in [5, 5.41) is 3.24. The fourth-order valence-corrected chi connectivity index (χ4v) is 4.98. The van der Waals surface area contributed by atoms with Crippen molar-refractivity contribution in [2.24, 2.45) is 0 Å². The average molecular weight is 625 g/mol. The summed E-state index contributed by atoms with van der Waals surface area (Å²) in [7, 11) is 0. The lowest BCUT2D eigenvalue weighted by Gasteiger charge is -2.26. The molecule has 0 radical (unpaired) electrons. The molecule has 4 rings (SSSR count). The van der Waals surface area contributed by atoms with Gasteiger partial charge in [-0.05, 0) is 86.0 Å². The summed E-state index contributed by atoms with van der Waals surface area (Å²) in [6, 6.07) is 16.1. The highest BCUT2D eigenvalue weighted by Crippen LogP contribution is 2.36.